The van der Waals surface area contributed by atoms with E-state index in [9.17, 15) is 9.59 Å². The van der Waals surface area contributed by atoms with E-state index in [-0.39, 0.29) is 6.04 Å². The van der Waals surface area contributed by atoms with Gasteiger partial charge in [0.15, 0.2) is 0 Å². The molecule has 0 bridgehead atoms. The minimum absolute atomic E-state index is 0.0973. The third-order valence-corrected chi connectivity index (χ3v) is 3.03. The van der Waals surface area contributed by atoms with Crippen molar-refractivity contribution in [3.8, 4) is 0 Å². The maximum absolute atomic E-state index is 12.2. The highest BCUT2D eigenvalue weighted by atomic mass is 16.7. The van der Waals surface area contributed by atoms with E-state index >= 15 is 0 Å². The van der Waals surface area contributed by atoms with Crippen molar-refractivity contribution in [1.29, 1.82) is 0 Å². The maximum Gasteiger partial charge on any atom is 0.418 e. The number of hydrogen-bond acceptors (Lipinski definition) is 4. The highest BCUT2D eigenvalue weighted by molar-refractivity contribution is 5.91. The van der Waals surface area contributed by atoms with Crippen LogP contribution in [0.25, 0.3) is 0 Å². The summed E-state index contributed by atoms with van der Waals surface area (Å²) in [7, 11) is 2.87. The molecule has 1 saturated carbocycles. The number of carbonyl (C=O) groups excluding carboxylic acids is 2. The second-order valence-electron chi connectivity index (χ2n) is 5.75. The third-order valence-electron chi connectivity index (χ3n) is 3.03. The Labute approximate surface area is 114 Å². The van der Waals surface area contributed by atoms with Gasteiger partial charge in [-0.1, -0.05) is 12.8 Å². The molecular weight excluding hydrogens is 248 g/mol. The van der Waals surface area contributed by atoms with E-state index in [0.29, 0.717) is 0 Å². The fourth-order valence-corrected chi connectivity index (χ4v) is 2.09. The fourth-order valence-electron chi connectivity index (χ4n) is 2.09. The highest BCUT2D eigenvalue weighted by Crippen LogP contribution is 2.26. The first-order valence-corrected chi connectivity index (χ1v) is 6.60. The van der Waals surface area contributed by atoms with Crippen LogP contribution in [0.15, 0.2) is 0 Å². The molecule has 0 spiro atoms. The van der Waals surface area contributed by atoms with Gasteiger partial charge in [0.25, 0.3) is 0 Å². The Morgan fingerprint density at radius 2 is 1.68 bits per heavy atom. The molecule has 110 valence electrons. The van der Waals surface area contributed by atoms with Gasteiger partial charge in [0, 0.05) is 13.1 Å². The van der Waals surface area contributed by atoms with Crippen molar-refractivity contribution >= 4 is 12.1 Å². The Morgan fingerprint density at radius 3 is 2.11 bits per heavy atom. The molecule has 0 aliphatic heterocycles. The molecule has 0 saturated heterocycles. The maximum atomic E-state index is 12.2. The quantitative estimate of drug-likeness (QED) is 0.725. The molecule has 6 heteroatoms. The summed E-state index contributed by atoms with van der Waals surface area (Å²) in [5, 5.41) is 1.04. The number of hydroxylamine groups is 2. The van der Waals surface area contributed by atoms with E-state index in [0.717, 1.165) is 30.7 Å². The third kappa shape index (κ3) is 4.38. The summed E-state index contributed by atoms with van der Waals surface area (Å²) in [4.78, 5) is 30.5. The first-order valence-electron chi connectivity index (χ1n) is 6.60. The lowest BCUT2D eigenvalue weighted by atomic mass is 10.2. The lowest BCUT2D eigenvalue weighted by Gasteiger charge is -2.31. The Bertz CT molecular complexity index is 332. The molecule has 0 aromatic rings. The largest absolute Gasteiger partial charge is 0.443 e. The Hall–Kier alpha value is -1.30. The second kappa shape index (κ2) is 6.23. The Morgan fingerprint density at radius 1 is 1.16 bits per heavy atom. The monoisotopic (exact) mass is 272 g/mol. The van der Waals surface area contributed by atoms with Crippen molar-refractivity contribution in [2.45, 2.75) is 58.1 Å². The molecule has 1 aliphatic carbocycles. The molecule has 19 heavy (non-hydrogen) atoms. The lowest BCUT2D eigenvalue weighted by Crippen LogP contribution is -2.50. The van der Waals surface area contributed by atoms with Crippen LogP contribution >= 0.6 is 0 Å². The smallest absolute Gasteiger partial charge is 0.418 e. The molecule has 1 rings (SSSR count). The molecule has 0 aromatic carbocycles. The summed E-state index contributed by atoms with van der Waals surface area (Å²) in [6.45, 7) is 5.34. The summed E-state index contributed by atoms with van der Waals surface area (Å²) in [5.41, 5.74) is -0.625. The average molecular weight is 272 g/mol. The normalized spacial score (nSPS) is 16.3. The zero-order chi connectivity index (χ0) is 14.6. The summed E-state index contributed by atoms with van der Waals surface area (Å²) < 4.78 is 5.31. The van der Waals surface area contributed by atoms with Gasteiger partial charge in [0.1, 0.15) is 5.60 Å². The first kappa shape index (κ1) is 15.8. The van der Waals surface area contributed by atoms with Crippen LogP contribution < -0.4 is 0 Å². The topological polar surface area (TPSA) is 59.1 Å². The van der Waals surface area contributed by atoms with Crippen LogP contribution in [-0.4, -0.2) is 47.9 Å². The number of ether oxygens (including phenoxy) is 1. The highest BCUT2D eigenvalue weighted by Gasteiger charge is 2.36. The number of urea groups is 1. The summed E-state index contributed by atoms with van der Waals surface area (Å²) in [6, 6.07) is -0.580. The van der Waals surface area contributed by atoms with Gasteiger partial charge < -0.3 is 4.74 Å². The Kier molecular flexibility index (Phi) is 5.17. The SMILES string of the molecule is CON(C)C(=O)N(C(=O)OC(C)(C)C)C1CCCC1. The zero-order valence-electron chi connectivity index (χ0n) is 12.4. The van der Waals surface area contributed by atoms with Crippen LogP contribution in [-0.2, 0) is 9.57 Å². The van der Waals surface area contributed by atoms with Gasteiger partial charge in [-0.25, -0.2) is 19.6 Å². The Balaban J connectivity index is 2.85. The standard InChI is InChI=1S/C13H24N2O4/c1-13(2,3)19-12(17)15(10-8-6-7-9-10)11(16)14(4)18-5/h10H,6-9H2,1-5H3. The molecule has 0 unspecified atom stereocenters. The van der Waals surface area contributed by atoms with Crippen molar-refractivity contribution < 1.29 is 19.2 Å². The lowest BCUT2D eigenvalue weighted by molar-refractivity contribution is -0.0796. The van der Waals surface area contributed by atoms with E-state index in [1.165, 1.54) is 19.1 Å². The molecular formula is C13H24N2O4. The zero-order valence-corrected chi connectivity index (χ0v) is 12.4. The van der Waals surface area contributed by atoms with Gasteiger partial charge in [-0.2, -0.15) is 0 Å². The number of rotatable bonds is 2. The summed E-state index contributed by atoms with van der Waals surface area (Å²) in [6.07, 6.45) is 3.08. The van der Waals surface area contributed by atoms with Crippen LogP contribution in [0.2, 0.25) is 0 Å². The van der Waals surface area contributed by atoms with Crippen molar-refractivity contribution in [1.82, 2.24) is 9.96 Å². The molecule has 1 aliphatic rings. The minimum atomic E-state index is -0.625. The van der Waals surface area contributed by atoms with Crippen LogP contribution in [0, 0.1) is 0 Å². The van der Waals surface area contributed by atoms with Crippen molar-refractivity contribution in [2.75, 3.05) is 14.2 Å². The summed E-state index contributed by atoms with van der Waals surface area (Å²) >= 11 is 0. The van der Waals surface area contributed by atoms with Crippen LogP contribution in [0.4, 0.5) is 9.59 Å². The molecule has 1 fully saturated rings. The van der Waals surface area contributed by atoms with Gasteiger partial charge in [-0.15, -0.1) is 0 Å². The predicted octanol–water partition coefficient (Wildman–Crippen LogP) is 2.78. The van der Waals surface area contributed by atoms with Gasteiger partial charge in [-0.05, 0) is 33.6 Å². The number of nitrogens with zero attached hydrogens (tertiary/aromatic N) is 2. The van der Waals surface area contributed by atoms with Crippen LogP contribution in [0.5, 0.6) is 0 Å². The molecule has 3 amide bonds. The van der Waals surface area contributed by atoms with Gasteiger partial charge in [-0.3, -0.25) is 4.84 Å². The molecule has 0 atom stereocenters. The summed E-state index contributed by atoms with van der Waals surface area (Å²) in [5.74, 6) is 0. The van der Waals surface area contributed by atoms with E-state index in [1.54, 1.807) is 20.8 Å². The van der Waals surface area contributed by atoms with Gasteiger partial charge in [0.05, 0.1) is 7.11 Å². The van der Waals surface area contributed by atoms with Crippen molar-refractivity contribution in [3.63, 3.8) is 0 Å². The van der Waals surface area contributed by atoms with Crippen LogP contribution in [0.3, 0.4) is 0 Å². The number of imide groups is 1. The number of hydrogen-bond donors (Lipinski definition) is 0. The minimum Gasteiger partial charge on any atom is -0.443 e. The average Bonchev–Trinajstić information content (AvgIpc) is 2.79. The first-order chi connectivity index (χ1) is 8.76. The molecule has 0 radical (unpaired) electrons. The molecule has 0 aromatic heterocycles. The van der Waals surface area contributed by atoms with Crippen molar-refractivity contribution in [3.05, 3.63) is 0 Å². The number of carbonyl (C=O) groups is 2. The second-order valence-corrected chi connectivity index (χ2v) is 5.75. The van der Waals surface area contributed by atoms with E-state index in [1.807, 2.05) is 0 Å². The van der Waals surface area contributed by atoms with Gasteiger partial charge >= 0.3 is 12.1 Å². The fraction of sp³-hybridized carbons (Fsp3) is 0.846. The van der Waals surface area contributed by atoms with E-state index in [2.05, 4.69) is 0 Å². The van der Waals surface area contributed by atoms with E-state index in [4.69, 9.17) is 9.57 Å². The van der Waals surface area contributed by atoms with Crippen LogP contribution in [0.1, 0.15) is 46.5 Å². The predicted molar refractivity (Wildman–Crippen MR) is 70.5 cm³/mol. The molecule has 6 nitrogen and oxygen atoms in total. The number of amides is 3. The molecule has 0 N–H and O–H groups in total. The molecule has 0 heterocycles. The van der Waals surface area contributed by atoms with Gasteiger partial charge in [0.2, 0.25) is 0 Å². The van der Waals surface area contributed by atoms with Crippen molar-refractivity contribution in [2.24, 2.45) is 0 Å². The van der Waals surface area contributed by atoms with E-state index < -0.39 is 17.7 Å².